The molecule has 0 amide bonds. The number of ketones is 1. The molecule has 3 rings (SSSR count). The van der Waals surface area contributed by atoms with E-state index < -0.39 is 0 Å². The molecule has 0 bridgehead atoms. The molecule has 0 radical (unpaired) electrons. The molecule has 1 aliphatic heterocycles. The molecular formula is C17H18N2O2. The maximum atomic E-state index is 12.2. The Kier molecular flexibility index (Phi) is 4.26. The fourth-order valence-electron chi connectivity index (χ4n) is 2.44. The van der Waals surface area contributed by atoms with Gasteiger partial charge in [0.05, 0.1) is 0 Å². The molecule has 4 heteroatoms. The summed E-state index contributed by atoms with van der Waals surface area (Å²) >= 11 is 0. The molecule has 0 unspecified atom stereocenters. The van der Waals surface area contributed by atoms with Crippen molar-refractivity contribution in [1.82, 2.24) is 10.3 Å². The number of rotatable bonds is 5. The van der Waals surface area contributed by atoms with Gasteiger partial charge in [0.1, 0.15) is 6.61 Å². The molecule has 2 aromatic rings. The minimum atomic E-state index is -0.0212. The molecule has 1 aromatic carbocycles. The first-order valence-electron chi connectivity index (χ1n) is 7.25. The van der Waals surface area contributed by atoms with Crippen molar-refractivity contribution in [3.8, 4) is 5.88 Å². The van der Waals surface area contributed by atoms with Crippen molar-refractivity contribution >= 4 is 5.78 Å². The fourth-order valence-corrected chi connectivity index (χ4v) is 2.44. The number of benzene rings is 1. The number of pyridine rings is 1. The van der Waals surface area contributed by atoms with E-state index in [0.717, 1.165) is 13.0 Å². The molecule has 2 heterocycles. The summed E-state index contributed by atoms with van der Waals surface area (Å²) in [5.74, 6) is 0.542. The van der Waals surface area contributed by atoms with Crippen molar-refractivity contribution in [3.63, 3.8) is 0 Å². The molecule has 1 atom stereocenters. The lowest BCUT2D eigenvalue weighted by Gasteiger charge is -2.11. The van der Waals surface area contributed by atoms with E-state index in [-0.39, 0.29) is 5.78 Å². The van der Waals surface area contributed by atoms with Crippen LogP contribution in [0.2, 0.25) is 0 Å². The summed E-state index contributed by atoms with van der Waals surface area (Å²) in [6.07, 6.45) is 3.92. The van der Waals surface area contributed by atoms with Crippen molar-refractivity contribution in [3.05, 3.63) is 59.8 Å². The van der Waals surface area contributed by atoms with Crippen LogP contribution in [0.3, 0.4) is 0 Å². The molecule has 1 saturated heterocycles. The molecule has 108 valence electrons. The number of nitrogens with zero attached hydrogens (tertiary/aromatic N) is 1. The second kappa shape index (κ2) is 6.50. The molecule has 0 spiro atoms. The van der Waals surface area contributed by atoms with Gasteiger partial charge in [0.15, 0.2) is 5.78 Å². The van der Waals surface area contributed by atoms with Crippen LogP contribution in [0.1, 0.15) is 28.8 Å². The molecule has 0 aliphatic carbocycles. The quantitative estimate of drug-likeness (QED) is 0.856. The van der Waals surface area contributed by atoms with Gasteiger partial charge >= 0.3 is 0 Å². The predicted octanol–water partition coefficient (Wildman–Crippen LogP) is 2.44. The first kappa shape index (κ1) is 13.8. The van der Waals surface area contributed by atoms with E-state index in [9.17, 15) is 4.79 Å². The van der Waals surface area contributed by atoms with E-state index in [0.29, 0.717) is 29.7 Å². The summed E-state index contributed by atoms with van der Waals surface area (Å²) in [5.41, 5.74) is 1.25. The van der Waals surface area contributed by atoms with E-state index >= 15 is 0 Å². The number of ether oxygens (including phenoxy) is 1. The Morgan fingerprint density at radius 1 is 1.19 bits per heavy atom. The average molecular weight is 282 g/mol. The maximum Gasteiger partial charge on any atom is 0.213 e. The highest BCUT2D eigenvalue weighted by Gasteiger charge is 2.15. The van der Waals surface area contributed by atoms with Crippen molar-refractivity contribution in [2.75, 3.05) is 13.2 Å². The minimum Gasteiger partial charge on any atom is -0.476 e. The van der Waals surface area contributed by atoms with Gasteiger partial charge in [0.25, 0.3) is 0 Å². The van der Waals surface area contributed by atoms with Crippen LogP contribution in [0, 0.1) is 0 Å². The topological polar surface area (TPSA) is 51.2 Å². The molecule has 21 heavy (non-hydrogen) atoms. The lowest BCUT2D eigenvalue weighted by Crippen LogP contribution is -2.28. The number of nitrogens with one attached hydrogen (secondary N) is 1. The van der Waals surface area contributed by atoms with E-state index in [1.807, 2.05) is 18.2 Å². The zero-order valence-corrected chi connectivity index (χ0v) is 11.8. The number of carbonyl (C=O) groups excluding carboxylic acids is 1. The molecule has 1 aromatic heterocycles. The molecule has 1 fully saturated rings. The van der Waals surface area contributed by atoms with Crippen LogP contribution in [0.4, 0.5) is 0 Å². The van der Waals surface area contributed by atoms with Gasteiger partial charge in [-0.25, -0.2) is 4.98 Å². The van der Waals surface area contributed by atoms with Gasteiger partial charge in [-0.2, -0.15) is 0 Å². The zero-order valence-electron chi connectivity index (χ0n) is 11.8. The Bertz CT molecular complexity index is 590. The first-order valence-corrected chi connectivity index (χ1v) is 7.25. The van der Waals surface area contributed by atoms with Crippen molar-refractivity contribution < 1.29 is 9.53 Å². The number of hydrogen-bond acceptors (Lipinski definition) is 4. The largest absolute Gasteiger partial charge is 0.476 e. The average Bonchev–Trinajstić information content (AvgIpc) is 3.07. The van der Waals surface area contributed by atoms with Crippen LogP contribution in [0.5, 0.6) is 5.88 Å². The van der Waals surface area contributed by atoms with Crippen LogP contribution >= 0.6 is 0 Å². The van der Waals surface area contributed by atoms with Gasteiger partial charge in [-0.3, -0.25) is 4.79 Å². The second-order valence-corrected chi connectivity index (χ2v) is 5.18. The van der Waals surface area contributed by atoms with Crippen molar-refractivity contribution in [2.24, 2.45) is 0 Å². The van der Waals surface area contributed by atoms with Crippen molar-refractivity contribution in [1.29, 1.82) is 0 Å². The third kappa shape index (κ3) is 3.47. The molecule has 4 nitrogen and oxygen atoms in total. The minimum absolute atomic E-state index is 0.0212. The number of carbonyl (C=O) groups is 1. The molecular weight excluding hydrogens is 264 g/mol. The Hall–Kier alpha value is -2.20. The summed E-state index contributed by atoms with van der Waals surface area (Å²) in [7, 11) is 0. The van der Waals surface area contributed by atoms with Gasteiger partial charge in [0, 0.05) is 29.4 Å². The van der Waals surface area contributed by atoms with E-state index in [1.54, 1.807) is 30.5 Å². The Balaban J connectivity index is 1.62. The van der Waals surface area contributed by atoms with E-state index in [1.165, 1.54) is 6.42 Å². The Morgan fingerprint density at radius 2 is 2.05 bits per heavy atom. The second-order valence-electron chi connectivity index (χ2n) is 5.18. The summed E-state index contributed by atoms with van der Waals surface area (Å²) in [6.45, 7) is 1.69. The van der Waals surface area contributed by atoms with Crippen LogP contribution < -0.4 is 10.1 Å². The first-order chi connectivity index (χ1) is 10.3. The zero-order chi connectivity index (χ0) is 14.5. The van der Waals surface area contributed by atoms with E-state index in [4.69, 9.17) is 4.74 Å². The SMILES string of the molecule is O=C(c1ccccc1)c1ccc(OC[C@H]2CCCN2)nc1. The van der Waals surface area contributed by atoms with Crippen LogP contribution in [0.15, 0.2) is 48.7 Å². The Morgan fingerprint density at radius 3 is 2.71 bits per heavy atom. The van der Waals surface area contributed by atoms with Crippen LogP contribution in [-0.2, 0) is 0 Å². The standard InChI is InChI=1S/C17H18N2O2/c20-17(13-5-2-1-3-6-13)14-8-9-16(19-11-14)21-12-15-7-4-10-18-15/h1-3,5-6,8-9,11,15,18H,4,7,10,12H2/t15-/m1/s1. The highest BCUT2D eigenvalue weighted by molar-refractivity contribution is 6.08. The number of aromatic nitrogens is 1. The summed E-state index contributed by atoms with van der Waals surface area (Å²) in [5, 5.41) is 3.37. The predicted molar refractivity (Wildman–Crippen MR) is 80.6 cm³/mol. The third-order valence-electron chi connectivity index (χ3n) is 3.63. The van der Waals surface area contributed by atoms with Gasteiger partial charge in [-0.1, -0.05) is 30.3 Å². The van der Waals surface area contributed by atoms with E-state index in [2.05, 4.69) is 10.3 Å². The lowest BCUT2D eigenvalue weighted by molar-refractivity contribution is 0.103. The normalized spacial score (nSPS) is 17.6. The van der Waals surface area contributed by atoms with Gasteiger partial charge < -0.3 is 10.1 Å². The van der Waals surface area contributed by atoms with Gasteiger partial charge in [0.2, 0.25) is 5.88 Å². The number of hydrogen-bond donors (Lipinski definition) is 1. The van der Waals surface area contributed by atoms with Crippen LogP contribution in [-0.4, -0.2) is 30.0 Å². The van der Waals surface area contributed by atoms with Gasteiger partial charge in [-0.05, 0) is 25.5 Å². The Labute approximate surface area is 124 Å². The summed E-state index contributed by atoms with van der Waals surface area (Å²) in [4.78, 5) is 16.4. The monoisotopic (exact) mass is 282 g/mol. The summed E-state index contributed by atoms with van der Waals surface area (Å²) in [6, 6.07) is 13.1. The molecule has 1 aliphatic rings. The van der Waals surface area contributed by atoms with Crippen LogP contribution in [0.25, 0.3) is 0 Å². The highest BCUT2D eigenvalue weighted by atomic mass is 16.5. The smallest absolute Gasteiger partial charge is 0.213 e. The molecule has 0 saturated carbocycles. The van der Waals surface area contributed by atoms with Crippen molar-refractivity contribution in [2.45, 2.75) is 18.9 Å². The third-order valence-corrected chi connectivity index (χ3v) is 3.63. The fraction of sp³-hybridized carbons (Fsp3) is 0.294. The lowest BCUT2D eigenvalue weighted by atomic mass is 10.1. The maximum absolute atomic E-state index is 12.2. The molecule has 1 N–H and O–H groups in total. The summed E-state index contributed by atoms with van der Waals surface area (Å²) < 4.78 is 5.65. The highest BCUT2D eigenvalue weighted by Crippen LogP contribution is 2.13. The van der Waals surface area contributed by atoms with Gasteiger partial charge in [-0.15, -0.1) is 0 Å².